The van der Waals surface area contributed by atoms with Crippen LogP contribution in [0.2, 0.25) is 10.0 Å². The number of sulfonamides is 1. The average Bonchev–Trinajstić information content (AvgIpc) is 3.20. The topological polar surface area (TPSA) is 76.3 Å². The Morgan fingerprint density at radius 2 is 2.08 bits per heavy atom. The van der Waals surface area contributed by atoms with Crippen molar-refractivity contribution in [2.75, 3.05) is 7.05 Å². The molecule has 0 amide bonds. The van der Waals surface area contributed by atoms with Crippen molar-refractivity contribution < 1.29 is 12.9 Å². The molecule has 3 rings (SSSR count). The largest absolute Gasteiger partial charge is 0.337 e. The maximum Gasteiger partial charge on any atom is 0.244 e. The normalized spacial score (nSPS) is 12.0. The predicted octanol–water partition coefficient (Wildman–Crippen LogP) is 3.93. The Hall–Kier alpha value is -1.45. The minimum atomic E-state index is -3.84. The van der Waals surface area contributed by atoms with E-state index in [1.807, 2.05) is 17.5 Å². The van der Waals surface area contributed by atoms with Gasteiger partial charge >= 0.3 is 0 Å². The van der Waals surface area contributed by atoms with E-state index in [9.17, 15) is 8.42 Å². The van der Waals surface area contributed by atoms with Gasteiger partial charge in [0, 0.05) is 12.1 Å². The second kappa shape index (κ2) is 6.81. The first-order valence-corrected chi connectivity index (χ1v) is 9.73. The molecule has 3 aromatic rings. The zero-order valence-electron chi connectivity index (χ0n) is 12.3. The van der Waals surface area contributed by atoms with Crippen molar-refractivity contribution in [2.24, 2.45) is 0 Å². The highest BCUT2D eigenvalue weighted by Crippen LogP contribution is 2.28. The molecule has 24 heavy (non-hydrogen) atoms. The van der Waals surface area contributed by atoms with Crippen molar-refractivity contribution in [1.82, 2.24) is 14.4 Å². The molecule has 0 fully saturated rings. The van der Waals surface area contributed by atoms with Gasteiger partial charge in [0.2, 0.25) is 21.7 Å². The summed E-state index contributed by atoms with van der Waals surface area (Å²) in [5.74, 6) is 0.606. The highest BCUT2D eigenvalue weighted by Gasteiger charge is 2.26. The molecule has 0 spiro atoms. The second-order valence-corrected chi connectivity index (χ2v) is 8.63. The van der Waals surface area contributed by atoms with Gasteiger partial charge in [0.25, 0.3) is 0 Å². The Morgan fingerprint density at radius 1 is 1.29 bits per heavy atom. The van der Waals surface area contributed by atoms with Crippen LogP contribution in [0.5, 0.6) is 0 Å². The number of benzene rings is 1. The fraction of sp³-hybridized carbons (Fsp3) is 0.143. The molecule has 0 bridgehead atoms. The maximum absolute atomic E-state index is 12.6. The van der Waals surface area contributed by atoms with E-state index in [1.165, 1.54) is 36.6 Å². The van der Waals surface area contributed by atoms with Gasteiger partial charge in [-0.25, -0.2) is 8.42 Å². The lowest BCUT2D eigenvalue weighted by atomic mass is 10.4. The van der Waals surface area contributed by atoms with E-state index in [0.717, 1.165) is 9.18 Å². The van der Waals surface area contributed by atoms with Gasteiger partial charge in [-0.15, -0.1) is 11.3 Å². The summed E-state index contributed by atoms with van der Waals surface area (Å²) in [5.41, 5.74) is 0. The van der Waals surface area contributed by atoms with Crippen LogP contribution in [0, 0.1) is 0 Å². The molecule has 0 N–H and O–H groups in total. The molecule has 0 unspecified atom stereocenters. The minimum absolute atomic E-state index is 0.0721. The molecule has 0 aliphatic heterocycles. The molecule has 0 radical (unpaired) electrons. The fourth-order valence-electron chi connectivity index (χ4n) is 1.94. The first kappa shape index (κ1) is 17.4. The van der Waals surface area contributed by atoms with Crippen LogP contribution in [0.25, 0.3) is 10.7 Å². The Kier molecular flexibility index (Phi) is 4.93. The average molecular weight is 404 g/mol. The second-order valence-electron chi connectivity index (χ2n) is 4.82. The summed E-state index contributed by atoms with van der Waals surface area (Å²) < 4.78 is 31.5. The van der Waals surface area contributed by atoms with Crippen LogP contribution in [0.15, 0.2) is 45.1 Å². The number of rotatable bonds is 5. The quantitative estimate of drug-likeness (QED) is 0.644. The van der Waals surface area contributed by atoms with E-state index < -0.39 is 10.0 Å². The Morgan fingerprint density at radius 3 is 2.79 bits per heavy atom. The summed E-state index contributed by atoms with van der Waals surface area (Å²) in [6.07, 6.45) is 0. The molecule has 6 nitrogen and oxygen atoms in total. The molecule has 0 saturated carbocycles. The van der Waals surface area contributed by atoms with Crippen LogP contribution < -0.4 is 0 Å². The van der Waals surface area contributed by atoms with E-state index in [0.29, 0.717) is 5.82 Å². The van der Waals surface area contributed by atoms with Crippen LogP contribution in [-0.4, -0.2) is 29.9 Å². The summed E-state index contributed by atoms with van der Waals surface area (Å²) in [6.45, 7) is -0.0798. The molecule has 126 valence electrons. The van der Waals surface area contributed by atoms with Gasteiger partial charge in [-0.05, 0) is 29.6 Å². The SMILES string of the molecule is CN(Cc1nc(-c2cccs2)no1)S(=O)(=O)c1cc(Cl)ccc1Cl. The zero-order chi connectivity index (χ0) is 17.3. The summed E-state index contributed by atoms with van der Waals surface area (Å²) in [4.78, 5) is 4.98. The summed E-state index contributed by atoms with van der Waals surface area (Å²) in [6, 6.07) is 7.99. The van der Waals surface area contributed by atoms with Gasteiger partial charge in [-0.1, -0.05) is 34.4 Å². The number of hydrogen-bond donors (Lipinski definition) is 0. The standard InChI is InChI=1S/C14H11Cl2N3O3S2/c1-19(24(20,21)12-7-9(15)4-5-10(12)16)8-13-17-14(18-22-13)11-3-2-6-23-11/h2-7H,8H2,1H3. The van der Waals surface area contributed by atoms with Crippen LogP contribution in [0.3, 0.4) is 0 Å². The third kappa shape index (κ3) is 3.47. The first-order chi connectivity index (χ1) is 11.4. The van der Waals surface area contributed by atoms with Gasteiger partial charge in [0.1, 0.15) is 4.90 Å². The smallest absolute Gasteiger partial charge is 0.244 e. The number of aromatic nitrogens is 2. The Labute approximate surface area is 152 Å². The maximum atomic E-state index is 12.6. The molecule has 2 heterocycles. The Bertz CT molecular complexity index is 956. The molecule has 2 aromatic heterocycles. The highest BCUT2D eigenvalue weighted by atomic mass is 35.5. The molecular weight excluding hydrogens is 393 g/mol. The Balaban J connectivity index is 1.84. The van der Waals surface area contributed by atoms with Crippen molar-refractivity contribution in [3.05, 3.63) is 51.6 Å². The van der Waals surface area contributed by atoms with Gasteiger partial charge in [0.15, 0.2) is 0 Å². The number of hydrogen-bond acceptors (Lipinski definition) is 6. The molecular formula is C14H11Cl2N3O3S2. The van der Waals surface area contributed by atoms with Crippen molar-refractivity contribution in [3.63, 3.8) is 0 Å². The number of thiophene rings is 1. The van der Waals surface area contributed by atoms with Gasteiger partial charge in [0.05, 0.1) is 16.4 Å². The van der Waals surface area contributed by atoms with E-state index in [2.05, 4.69) is 10.1 Å². The lowest BCUT2D eigenvalue weighted by Crippen LogP contribution is -2.27. The van der Waals surface area contributed by atoms with Crippen molar-refractivity contribution in [2.45, 2.75) is 11.4 Å². The van der Waals surface area contributed by atoms with Gasteiger partial charge in [-0.2, -0.15) is 9.29 Å². The third-order valence-electron chi connectivity index (χ3n) is 3.15. The summed E-state index contributed by atoms with van der Waals surface area (Å²) in [5, 5.41) is 6.12. The molecule has 0 atom stereocenters. The van der Waals surface area contributed by atoms with E-state index in [1.54, 1.807) is 0 Å². The van der Waals surface area contributed by atoms with Crippen LogP contribution in [-0.2, 0) is 16.6 Å². The van der Waals surface area contributed by atoms with E-state index in [4.69, 9.17) is 27.7 Å². The lowest BCUT2D eigenvalue weighted by molar-refractivity contribution is 0.337. The van der Waals surface area contributed by atoms with Gasteiger partial charge < -0.3 is 4.52 Å². The highest BCUT2D eigenvalue weighted by molar-refractivity contribution is 7.89. The van der Waals surface area contributed by atoms with Crippen LogP contribution in [0.1, 0.15) is 5.89 Å². The predicted molar refractivity (Wildman–Crippen MR) is 92.7 cm³/mol. The third-order valence-corrected chi connectivity index (χ3v) is 6.53. The lowest BCUT2D eigenvalue weighted by Gasteiger charge is -2.16. The number of halogens is 2. The van der Waals surface area contributed by atoms with Crippen molar-refractivity contribution in [1.29, 1.82) is 0 Å². The monoisotopic (exact) mass is 403 g/mol. The minimum Gasteiger partial charge on any atom is -0.337 e. The van der Waals surface area contributed by atoms with E-state index >= 15 is 0 Å². The first-order valence-electron chi connectivity index (χ1n) is 6.66. The molecule has 0 aliphatic carbocycles. The van der Waals surface area contributed by atoms with E-state index in [-0.39, 0.29) is 27.4 Å². The molecule has 0 aliphatic rings. The zero-order valence-corrected chi connectivity index (χ0v) is 15.5. The summed E-state index contributed by atoms with van der Waals surface area (Å²) in [7, 11) is -2.44. The van der Waals surface area contributed by atoms with Gasteiger partial charge in [-0.3, -0.25) is 0 Å². The molecule has 0 saturated heterocycles. The number of nitrogens with zero attached hydrogens (tertiary/aromatic N) is 3. The van der Waals surface area contributed by atoms with Crippen molar-refractivity contribution >= 4 is 44.6 Å². The fourth-order valence-corrected chi connectivity index (χ4v) is 4.45. The van der Waals surface area contributed by atoms with Crippen LogP contribution >= 0.6 is 34.5 Å². The van der Waals surface area contributed by atoms with Crippen LogP contribution in [0.4, 0.5) is 0 Å². The van der Waals surface area contributed by atoms with Crippen molar-refractivity contribution in [3.8, 4) is 10.7 Å². The molecule has 10 heteroatoms. The summed E-state index contributed by atoms with van der Waals surface area (Å²) >= 11 is 13.3. The molecule has 1 aromatic carbocycles.